The smallest absolute Gasteiger partial charge is 0.298 e. The van der Waals surface area contributed by atoms with Gasteiger partial charge in [0.05, 0.1) is 29.3 Å². The third-order valence-electron chi connectivity index (χ3n) is 3.65. The Bertz CT molecular complexity index is 931. The molecule has 0 aliphatic carbocycles. The number of rotatable bonds is 4. The van der Waals surface area contributed by atoms with Crippen LogP contribution in [0, 0.1) is 0 Å². The van der Waals surface area contributed by atoms with E-state index in [4.69, 9.17) is 21.1 Å². The van der Waals surface area contributed by atoms with Crippen LogP contribution in [-0.4, -0.2) is 25.4 Å². The lowest BCUT2D eigenvalue weighted by molar-refractivity contribution is -0.113. The molecule has 0 radical (unpaired) electrons. The van der Waals surface area contributed by atoms with Crippen molar-refractivity contribution in [2.45, 2.75) is 0 Å². The summed E-state index contributed by atoms with van der Waals surface area (Å²) in [5.74, 6) is 0.724. The van der Waals surface area contributed by atoms with Gasteiger partial charge in [0.2, 0.25) is 0 Å². The van der Waals surface area contributed by atoms with Crippen LogP contribution < -0.4 is 14.4 Å². The van der Waals surface area contributed by atoms with Crippen molar-refractivity contribution in [3.8, 4) is 11.5 Å². The number of ether oxygens (including phenoxy) is 2. The van der Waals surface area contributed by atoms with Crippen molar-refractivity contribution in [1.82, 2.24) is 0 Å². The van der Waals surface area contributed by atoms with Crippen LogP contribution in [0.4, 0.5) is 10.5 Å². The van der Waals surface area contributed by atoms with Gasteiger partial charge in [-0.25, -0.2) is 4.90 Å². The summed E-state index contributed by atoms with van der Waals surface area (Å²) in [7, 11) is 3.08. The SMILES string of the molecule is COc1cc(OC)c(/C=C2\SC(=O)N(c3cccc(Cl)c3)C2=O)cc1Br. The van der Waals surface area contributed by atoms with Crippen molar-refractivity contribution in [2.24, 2.45) is 0 Å². The number of nitrogens with zero attached hydrogens (tertiary/aromatic N) is 1. The predicted molar refractivity (Wildman–Crippen MR) is 107 cm³/mol. The first-order chi connectivity index (χ1) is 12.4. The van der Waals surface area contributed by atoms with Gasteiger partial charge in [-0.15, -0.1) is 0 Å². The Hall–Kier alpha value is -1.96. The van der Waals surface area contributed by atoms with Gasteiger partial charge in [-0.2, -0.15) is 0 Å². The second kappa shape index (κ2) is 7.73. The Morgan fingerprint density at radius 2 is 1.85 bits per heavy atom. The highest BCUT2D eigenvalue weighted by Gasteiger charge is 2.36. The van der Waals surface area contributed by atoms with E-state index in [2.05, 4.69) is 15.9 Å². The number of methoxy groups -OCH3 is 2. The molecule has 2 amide bonds. The third kappa shape index (κ3) is 3.60. The summed E-state index contributed by atoms with van der Waals surface area (Å²) in [6, 6.07) is 10.1. The van der Waals surface area contributed by atoms with Crippen molar-refractivity contribution < 1.29 is 19.1 Å². The Balaban J connectivity index is 1.99. The van der Waals surface area contributed by atoms with Crippen molar-refractivity contribution >= 4 is 62.2 Å². The Kier molecular flexibility index (Phi) is 5.60. The lowest BCUT2D eigenvalue weighted by Crippen LogP contribution is -2.27. The first-order valence-electron chi connectivity index (χ1n) is 7.39. The molecule has 1 fully saturated rings. The molecule has 134 valence electrons. The van der Waals surface area contributed by atoms with E-state index in [-0.39, 0.29) is 5.24 Å². The lowest BCUT2D eigenvalue weighted by atomic mass is 10.1. The lowest BCUT2D eigenvalue weighted by Gasteiger charge is -2.12. The van der Waals surface area contributed by atoms with E-state index in [0.717, 1.165) is 16.7 Å². The average molecular weight is 455 g/mol. The second-order valence-corrected chi connectivity index (χ2v) is 7.51. The first kappa shape index (κ1) is 18.8. The first-order valence-corrected chi connectivity index (χ1v) is 9.38. The van der Waals surface area contributed by atoms with Gasteiger partial charge >= 0.3 is 0 Å². The molecule has 0 atom stereocenters. The highest BCUT2D eigenvalue weighted by Crippen LogP contribution is 2.39. The molecule has 0 aromatic heterocycles. The number of hydrogen-bond donors (Lipinski definition) is 0. The maximum Gasteiger partial charge on any atom is 0.298 e. The summed E-state index contributed by atoms with van der Waals surface area (Å²) in [4.78, 5) is 26.5. The van der Waals surface area contributed by atoms with Crippen molar-refractivity contribution in [1.29, 1.82) is 0 Å². The zero-order valence-corrected chi connectivity index (χ0v) is 16.9. The summed E-state index contributed by atoms with van der Waals surface area (Å²) in [6.07, 6.45) is 1.62. The summed E-state index contributed by atoms with van der Waals surface area (Å²) < 4.78 is 11.3. The van der Waals surface area contributed by atoms with Crippen LogP contribution in [0.3, 0.4) is 0 Å². The van der Waals surface area contributed by atoms with Gasteiger partial charge in [0.25, 0.3) is 11.1 Å². The van der Waals surface area contributed by atoms with Crippen molar-refractivity contribution in [3.63, 3.8) is 0 Å². The van der Waals surface area contributed by atoms with E-state index in [0.29, 0.717) is 37.2 Å². The van der Waals surface area contributed by atoms with Gasteiger partial charge in [0, 0.05) is 16.7 Å². The number of halogens is 2. The summed E-state index contributed by atoms with van der Waals surface area (Å²) in [6.45, 7) is 0. The predicted octanol–water partition coefficient (Wildman–Crippen LogP) is 5.36. The van der Waals surface area contributed by atoms with E-state index >= 15 is 0 Å². The fourth-order valence-corrected chi connectivity index (χ4v) is 3.98. The zero-order chi connectivity index (χ0) is 18.8. The highest BCUT2D eigenvalue weighted by molar-refractivity contribution is 9.10. The van der Waals surface area contributed by atoms with E-state index < -0.39 is 5.91 Å². The van der Waals surface area contributed by atoms with Gasteiger partial charge in [-0.3, -0.25) is 9.59 Å². The zero-order valence-electron chi connectivity index (χ0n) is 13.8. The van der Waals surface area contributed by atoms with Gasteiger partial charge in [-0.05, 0) is 58.0 Å². The molecule has 0 saturated carbocycles. The molecule has 3 rings (SSSR count). The molecule has 0 N–H and O–H groups in total. The minimum Gasteiger partial charge on any atom is -0.496 e. The topological polar surface area (TPSA) is 55.8 Å². The fraction of sp³-hybridized carbons (Fsp3) is 0.111. The largest absolute Gasteiger partial charge is 0.496 e. The number of hydrogen-bond acceptors (Lipinski definition) is 5. The van der Waals surface area contributed by atoms with Gasteiger partial charge in [-0.1, -0.05) is 17.7 Å². The standard InChI is InChI=1S/C18H13BrClNO4S/c1-24-14-9-15(25-2)13(19)6-10(14)7-16-17(22)21(18(23)26-16)12-5-3-4-11(20)8-12/h3-9H,1-2H3/b16-7-. The average Bonchev–Trinajstić information content (AvgIpc) is 2.89. The minimum absolute atomic E-state index is 0.297. The molecule has 0 spiro atoms. The van der Waals surface area contributed by atoms with Crippen molar-refractivity contribution in [2.75, 3.05) is 19.1 Å². The Morgan fingerprint density at radius 1 is 1.12 bits per heavy atom. The number of anilines is 1. The quantitative estimate of drug-likeness (QED) is 0.582. The second-order valence-electron chi connectivity index (χ2n) is 5.23. The van der Waals surface area contributed by atoms with Crippen LogP contribution in [0.5, 0.6) is 11.5 Å². The van der Waals surface area contributed by atoms with E-state index in [1.165, 1.54) is 7.11 Å². The number of carbonyl (C=O) groups excluding carboxylic acids is 2. The number of carbonyl (C=O) groups is 2. The Labute approximate surface area is 168 Å². The van der Waals surface area contributed by atoms with E-state index in [9.17, 15) is 9.59 Å². The number of benzene rings is 2. The number of thioether (sulfide) groups is 1. The molecule has 1 aliphatic heterocycles. The summed E-state index contributed by atoms with van der Waals surface area (Å²) in [5.41, 5.74) is 1.09. The van der Waals surface area contributed by atoms with Gasteiger partial charge in [0.15, 0.2) is 0 Å². The molecule has 2 aromatic rings. The van der Waals surface area contributed by atoms with Crippen molar-refractivity contribution in [3.05, 3.63) is 56.4 Å². The maximum atomic E-state index is 12.7. The summed E-state index contributed by atoms with van der Waals surface area (Å²) in [5, 5.41) is 0.0707. The molecule has 0 bridgehead atoms. The fourth-order valence-electron chi connectivity index (χ4n) is 2.44. The van der Waals surface area contributed by atoms with Crippen LogP contribution in [0.2, 0.25) is 5.02 Å². The maximum absolute atomic E-state index is 12.7. The van der Waals surface area contributed by atoms with Gasteiger partial charge < -0.3 is 9.47 Å². The highest BCUT2D eigenvalue weighted by atomic mass is 79.9. The molecule has 1 saturated heterocycles. The van der Waals surface area contributed by atoms with Crippen LogP contribution in [-0.2, 0) is 4.79 Å². The van der Waals surface area contributed by atoms with Crippen LogP contribution >= 0.6 is 39.3 Å². The minimum atomic E-state index is -0.406. The van der Waals surface area contributed by atoms with Crippen LogP contribution in [0.25, 0.3) is 6.08 Å². The summed E-state index contributed by atoms with van der Waals surface area (Å²) >= 11 is 10.2. The normalized spacial score (nSPS) is 15.7. The molecule has 1 aliphatic rings. The van der Waals surface area contributed by atoms with Crippen LogP contribution in [0.1, 0.15) is 5.56 Å². The molecule has 5 nitrogen and oxygen atoms in total. The van der Waals surface area contributed by atoms with E-state index in [1.807, 2.05) is 0 Å². The molecule has 8 heteroatoms. The molecule has 2 aromatic carbocycles. The van der Waals surface area contributed by atoms with E-state index in [1.54, 1.807) is 49.6 Å². The third-order valence-corrected chi connectivity index (χ3v) is 5.38. The number of imide groups is 1. The van der Waals surface area contributed by atoms with Crippen LogP contribution in [0.15, 0.2) is 45.8 Å². The number of amides is 2. The molecule has 0 unspecified atom stereocenters. The molecular formula is C18H13BrClNO4S. The van der Waals surface area contributed by atoms with Gasteiger partial charge in [0.1, 0.15) is 11.5 Å². The monoisotopic (exact) mass is 453 g/mol. The Morgan fingerprint density at radius 3 is 2.50 bits per heavy atom. The molecule has 1 heterocycles. The molecule has 26 heavy (non-hydrogen) atoms. The molecular weight excluding hydrogens is 442 g/mol.